The van der Waals surface area contributed by atoms with Gasteiger partial charge < -0.3 is 5.11 Å². The van der Waals surface area contributed by atoms with Crippen LogP contribution in [0.4, 0.5) is 0 Å². The molecule has 1 nitrogen and oxygen atoms in total. The monoisotopic (exact) mass is 276 g/mol. The molecule has 0 aliphatic carbocycles. The van der Waals surface area contributed by atoms with Gasteiger partial charge in [-0.25, -0.2) is 0 Å². The summed E-state index contributed by atoms with van der Waals surface area (Å²) in [5.74, 6) is 1.04. The van der Waals surface area contributed by atoms with Crippen molar-refractivity contribution in [3.8, 4) is 5.75 Å². The molecule has 0 aliphatic heterocycles. The molecule has 0 spiro atoms. The number of phenols is 1. The lowest BCUT2D eigenvalue weighted by Gasteiger charge is -2.05. The molecule has 1 aromatic rings. The van der Waals surface area contributed by atoms with Crippen LogP contribution in [0.1, 0.15) is 19.4 Å². The van der Waals surface area contributed by atoms with Gasteiger partial charge >= 0.3 is 0 Å². The minimum atomic E-state index is 0.397. The third-order valence-electron chi connectivity index (χ3n) is 1.65. The molecule has 0 saturated heterocycles. The Bertz CT molecular complexity index is 269. The van der Waals surface area contributed by atoms with Crippen LogP contribution in [0.5, 0.6) is 5.75 Å². The average Bonchev–Trinajstić information content (AvgIpc) is 1.96. The molecule has 0 heterocycles. The largest absolute Gasteiger partial charge is 0.507 e. The number of aromatic hydroxyl groups is 1. The van der Waals surface area contributed by atoms with Gasteiger partial charge in [-0.15, -0.1) is 0 Å². The molecule has 0 unspecified atom stereocenters. The maximum atomic E-state index is 9.41. The average molecular weight is 276 g/mol. The van der Waals surface area contributed by atoms with Gasteiger partial charge in [-0.05, 0) is 52.6 Å². The van der Waals surface area contributed by atoms with E-state index in [4.69, 9.17) is 0 Å². The van der Waals surface area contributed by atoms with Crippen LogP contribution in [0, 0.1) is 9.49 Å². The molecule has 1 rings (SSSR count). The summed E-state index contributed by atoms with van der Waals surface area (Å²) < 4.78 is 0.917. The fourth-order valence-corrected chi connectivity index (χ4v) is 1.49. The second-order valence-electron chi connectivity index (χ2n) is 3.38. The summed E-state index contributed by atoms with van der Waals surface area (Å²) in [6.45, 7) is 4.35. The molecule has 0 radical (unpaired) electrons. The Hall–Kier alpha value is -0.250. The van der Waals surface area contributed by atoms with Crippen LogP contribution < -0.4 is 0 Å². The summed E-state index contributed by atoms with van der Waals surface area (Å²) in [4.78, 5) is 0. The smallest absolute Gasteiger partial charge is 0.129 e. The Balaban J connectivity index is 2.82. The van der Waals surface area contributed by atoms with Crippen LogP contribution in [0.2, 0.25) is 0 Å². The molecule has 0 bridgehead atoms. The Labute approximate surface area is 86.9 Å². The molecule has 0 fully saturated rings. The number of hydrogen-bond donors (Lipinski definition) is 1. The highest BCUT2D eigenvalue weighted by molar-refractivity contribution is 14.1. The predicted molar refractivity (Wildman–Crippen MR) is 59.4 cm³/mol. The molecule has 1 aromatic carbocycles. The van der Waals surface area contributed by atoms with Gasteiger partial charge in [0, 0.05) is 0 Å². The van der Waals surface area contributed by atoms with Gasteiger partial charge in [-0.1, -0.05) is 19.9 Å². The number of halogens is 1. The fraction of sp³-hybridized carbons (Fsp3) is 0.400. The zero-order valence-electron chi connectivity index (χ0n) is 7.34. The predicted octanol–water partition coefficient (Wildman–Crippen LogP) is 3.20. The van der Waals surface area contributed by atoms with Gasteiger partial charge in [0.1, 0.15) is 5.75 Å². The Kier molecular flexibility index (Phi) is 3.38. The standard InChI is InChI=1S/C10H13IO/c1-7(2)5-8-3-4-9(11)10(12)6-8/h3-4,6-7,12H,5H2,1-2H3. The summed E-state index contributed by atoms with van der Waals surface area (Å²) in [5.41, 5.74) is 1.21. The highest BCUT2D eigenvalue weighted by Crippen LogP contribution is 2.21. The van der Waals surface area contributed by atoms with Crippen LogP contribution in [-0.4, -0.2) is 5.11 Å². The molecular weight excluding hydrogens is 263 g/mol. The summed E-state index contributed by atoms with van der Waals surface area (Å²) in [6.07, 6.45) is 1.03. The maximum absolute atomic E-state index is 9.41. The number of rotatable bonds is 2. The summed E-state index contributed by atoms with van der Waals surface area (Å²) >= 11 is 2.12. The van der Waals surface area contributed by atoms with Crippen molar-refractivity contribution in [3.63, 3.8) is 0 Å². The Morgan fingerprint density at radius 1 is 1.42 bits per heavy atom. The van der Waals surface area contributed by atoms with Crippen molar-refractivity contribution in [2.24, 2.45) is 5.92 Å². The lowest BCUT2D eigenvalue weighted by molar-refractivity contribution is 0.470. The van der Waals surface area contributed by atoms with Crippen molar-refractivity contribution in [2.75, 3.05) is 0 Å². The van der Waals surface area contributed by atoms with Crippen LogP contribution >= 0.6 is 22.6 Å². The van der Waals surface area contributed by atoms with Crippen molar-refractivity contribution in [3.05, 3.63) is 27.3 Å². The van der Waals surface area contributed by atoms with Gasteiger partial charge in [0.2, 0.25) is 0 Å². The van der Waals surface area contributed by atoms with E-state index in [2.05, 4.69) is 42.5 Å². The van der Waals surface area contributed by atoms with Gasteiger partial charge in [0.15, 0.2) is 0 Å². The van der Waals surface area contributed by atoms with Crippen molar-refractivity contribution in [1.29, 1.82) is 0 Å². The lowest BCUT2D eigenvalue weighted by Crippen LogP contribution is -1.93. The van der Waals surface area contributed by atoms with Crippen molar-refractivity contribution in [2.45, 2.75) is 20.3 Å². The third-order valence-corrected chi connectivity index (χ3v) is 2.57. The van der Waals surface area contributed by atoms with Crippen LogP contribution in [0.15, 0.2) is 18.2 Å². The van der Waals surface area contributed by atoms with E-state index >= 15 is 0 Å². The van der Waals surface area contributed by atoms with E-state index in [0.29, 0.717) is 11.7 Å². The molecule has 0 amide bonds. The van der Waals surface area contributed by atoms with E-state index in [-0.39, 0.29) is 0 Å². The van der Waals surface area contributed by atoms with Gasteiger partial charge in [0.05, 0.1) is 3.57 Å². The van der Waals surface area contributed by atoms with E-state index in [1.165, 1.54) is 5.56 Å². The fourth-order valence-electron chi connectivity index (χ4n) is 1.16. The van der Waals surface area contributed by atoms with Crippen LogP contribution in [0.3, 0.4) is 0 Å². The van der Waals surface area contributed by atoms with E-state index in [0.717, 1.165) is 9.99 Å². The van der Waals surface area contributed by atoms with E-state index in [9.17, 15) is 5.11 Å². The topological polar surface area (TPSA) is 20.2 Å². The third kappa shape index (κ3) is 2.66. The molecule has 0 aromatic heterocycles. The number of hydrogen-bond acceptors (Lipinski definition) is 1. The molecule has 12 heavy (non-hydrogen) atoms. The first-order valence-electron chi connectivity index (χ1n) is 4.07. The van der Waals surface area contributed by atoms with E-state index in [1.807, 2.05) is 12.1 Å². The van der Waals surface area contributed by atoms with Crippen molar-refractivity contribution < 1.29 is 5.11 Å². The van der Waals surface area contributed by atoms with Crippen molar-refractivity contribution in [1.82, 2.24) is 0 Å². The SMILES string of the molecule is CC(C)Cc1ccc(I)c(O)c1. The molecule has 2 heteroatoms. The summed E-state index contributed by atoms with van der Waals surface area (Å²) in [5, 5.41) is 9.41. The van der Waals surface area contributed by atoms with Crippen molar-refractivity contribution >= 4 is 22.6 Å². The number of phenolic OH excluding ortho intramolecular Hbond substituents is 1. The minimum absolute atomic E-state index is 0.397. The first kappa shape index (κ1) is 9.84. The zero-order valence-corrected chi connectivity index (χ0v) is 9.50. The molecule has 0 atom stereocenters. The quantitative estimate of drug-likeness (QED) is 0.822. The number of benzene rings is 1. The zero-order chi connectivity index (χ0) is 9.14. The first-order valence-corrected chi connectivity index (χ1v) is 5.15. The maximum Gasteiger partial charge on any atom is 0.129 e. The highest BCUT2D eigenvalue weighted by atomic mass is 127. The molecule has 1 N–H and O–H groups in total. The Morgan fingerprint density at radius 2 is 2.08 bits per heavy atom. The van der Waals surface area contributed by atoms with Gasteiger partial charge in [-0.3, -0.25) is 0 Å². The summed E-state index contributed by atoms with van der Waals surface area (Å²) in [6, 6.07) is 5.87. The van der Waals surface area contributed by atoms with Gasteiger partial charge in [-0.2, -0.15) is 0 Å². The molecule has 0 saturated carbocycles. The van der Waals surface area contributed by atoms with E-state index < -0.39 is 0 Å². The normalized spacial score (nSPS) is 10.7. The van der Waals surface area contributed by atoms with Crippen LogP contribution in [-0.2, 0) is 6.42 Å². The molecule has 66 valence electrons. The second-order valence-corrected chi connectivity index (χ2v) is 4.55. The summed E-state index contributed by atoms with van der Waals surface area (Å²) in [7, 11) is 0. The second kappa shape index (κ2) is 4.12. The van der Waals surface area contributed by atoms with Gasteiger partial charge in [0.25, 0.3) is 0 Å². The van der Waals surface area contributed by atoms with E-state index in [1.54, 1.807) is 0 Å². The Morgan fingerprint density at radius 3 is 2.58 bits per heavy atom. The molecular formula is C10H13IO. The lowest BCUT2D eigenvalue weighted by atomic mass is 10.0. The highest BCUT2D eigenvalue weighted by Gasteiger charge is 2.01. The molecule has 0 aliphatic rings. The minimum Gasteiger partial charge on any atom is -0.507 e. The van der Waals surface area contributed by atoms with Crippen LogP contribution in [0.25, 0.3) is 0 Å². The first-order chi connectivity index (χ1) is 5.59.